The Bertz CT molecular complexity index is 517. The molecule has 2 rings (SSSR count). The molecule has 0 unspecified atom stereocenters. The van der Waals surface area contributed by atoms with Crippen LogP contribution in [0.2, 0.25) is 0 Å². The average Bonchev–Trinajstić information content (AvgIpc) is 2.46. The van der Waals surface area contributed by atoms with Crippen molar-refractivity contribution in [3.63, 3.8) is 0 Å². The molecule has 100 valence electrons. The van der Waals surface area contributed by atoms with Crippen molar-refractivity contribution in [1.82, 2.24) is 0 Å². The summed E-state index contributed by atoms with van der Waals surface area (Å²) in [4.78, 5) is 0. The Morgan fingerprint density at radius 2 is 2.05 bits per heavy atom. The Hall–Kier alpha value is -2.18. The summed E-state index contributed by atoms with van der Waals surface area (Å²) < 4.78 is 11.3. The Kier molecular flexibility index (Phi) is 5.72. The van der Waals surface area contributed by atoms with Gasteiger partial charge in [0, 0.05) is 5.56 Å². The number of ether oxygens (including phenoxy) is 2. The predicted octanol–water partition coefficient (Wildman–Crippen LogP) is 4.67. The SMILES string of the molecule is C.C=C=C(OCC)C1=CCC=C(c2ccccc2)O1. The molecule has 19 heavy (non-hydrogen) atoms. The van der Waals surface area contributed by atoms with E-state index in [4.69, 9.17) is 9.47 Å². The van der Waals surface area contributed by atoms with Gasteiger partial charge >= 0.3 is 0 Å². The summed E-state index contributed by atoms with van der Waals surface area (Å²) in [5.74, 6) is 2.10. The number of allylic oxidation sites excluding steroid dienone is 2. The van der Waals surface area contributed by atoms with Crippen molar-refractivity contribution >= 4 is 5.76 Å². The molecule has 0 saturated carbocycles. The van der Waals surface area contributed by atoms with Crippen molar-refractivity contribution in [3.8, 4) is 0 Å². The maximum Gasteiger partial charge on any atom is 0.204 e. The van der Waals surface area contributed by atoms with Crippen LogP contribution in [0.1, 0.15) is 26.3 Å². The Morgan fingerprint density at radius 3 is 2.68 bits per heavy atom. The van der Waals surface area contributed by atoms with E-state index in [0.717, 1.165) is 17.7 Å². The molecule has 0 aromatic heterocycles. The molecule has 0 atom stereocenters. The minimum Gasteiger partial charge on any atom is -0.483 e. The van der Waals surface area contributed by atoms with Crippen LogP contribution in [-0.4, -0.2) is 6.61 Å². The fourth-order valence-corrected chi connectivity index (χ4v) is 1.75. The van der Waals surface area contributed by atoms with E-state index in [0.29, 0.717) is 18.1 Å². The molecule has 0 bridgehead atoms. The van der Waals surface area contributed by atoms with Gasteiger partial charge in [0.25, 0.3) is 0 Å². The first-order valence-corrected chi connectivity index (χ1v) is 6.02. The lowest BCUT2D eigenvalue weighted by Gasteiger charge is -2.18. The van der Waals surface area contributed by atoms with Crippen LogP contribution in [0.5, 0.6) is 0 Å². The molecular formula is C17H20O2. The van der Waals surface area contributed by atoms with E-state index in [1.807, 2.05) is 49.4 Å². The second-order valence-electron chi connectivity index (χ2n) is 3.78. The van der Waals surface area contributed by atoms with E-state index in [1.165, 1.54) is 0 Å². The van der Waals surface area contributed by atoms with Gasteiger partial charge < -0.3 is 9.47 Å². The van der Waals surface area contributed by atoms with Crippen molar-refractivity contribution in [2.75, 3.05) is 6.61 Å². The highest BCUT2D eigenvalue weighted by Gasteiger charge is 2.14. The number of hydrogen-bond acceptors (Lipinski definition) is 2. The highest BCUT2D eigenvalue weighted by atomic mass is 16.5. The van der Waals surface area contributed by atoms with Crippen molar-refractivity contribution in [1.29, 1.82) is 0 Å². The van der Waals surface area contributed by atoms with E-state index in [-0.39, 0.29) is 7.43 Å². The van der Waals surface area contributed by atoms with Crippen LogP contribution in [0.15, 0.2) is 66.3 Å². The van der Waals surface area contributed by atoms with Gasteiger partial charge in [0.2, 0.25) is 5.76 Å². The summed E-state index contributed by atoms with van der Waals surface area (Å²) in [7, 11) is 0. The summed E-state index contributed by atoms with van der Waals surface area (Å²) in [6, 6.07) is 10.0. The quantitative estimate of drug-likeness (QED) is 0.575. The normalized spacial score (nSPS) is 13.1. The second kappa shape index (κ2) is 7.30. The van der Waals surface area contributed by atoms with E-state index < -0.39 is 0 Å². The highest BCUT2D eigenvalue weighted by Crippen LogP contribution is 2.27. The largest absolute Gasteiger partial charge is 0.483 e. The number of hydrogen-bond donors (Lipinski definition) is 0. The molecule has 0 saturated heterocycles. The molecule has 0 N–H and O–H groups in total. The molecule has 1 aromatic rings. The zero-order valence-electron chi connectivity index (χ0n) is 10.5. The van der Waals surface area contributed by atoms with Crippen LogP contribution in [-0.2, 0) is 9.47 Å². The van der Waals surface area contributed by atoms with Gasteiger partial charge in [-0.3, -0.25) is 0 Å². The molecule has 0 spiro atoms. The third-order valence-electron chi connectivity index (χ3n) is 2.56. The van der Waals surface area contributed by atoms with Crippen LogP contribution in [0, 0.1) is 0 Å². The summed E-state index contributed by atoms with van der Waals surface area (Å²) >= 11 is 0. The van der Waals surface area contributed by atoms with Gasteiger partial charge in [-0.1, -0.05) is 50.1 Å². The third kappa shape index (κ3) is 3.64. The smallest absolute Gasteiger partial charge is 0.204 e. The Labute approximate surface area is 115 Å². The molecule has 1 aliphatic heterocycles. The molecule has 2 nitrogen and oxygen atoms in total. The van der Waals surface area contributed by atoms with Crippen molar-refractivity contribution in [2.45, 2.75) is 20.8 Å². The summed E-state index contributed by atoms with van der Waals surface area (Å²) in [5.41, 5.74) is 3.83. The van der Waals surface area contributed by atoms with E-state index in [9.17, 15) is 0 Å². The fraction of sp³-hybridized carbons (Fsp3) is 0.235. The lowest BCUT2D eigenvalue weighted by molar-refractivity contribution is 0.205. The van der Waals surface area contributed by atoms with Crippen LogP contribution in [0.3, 0.4) is 0 Å². The second-order valence-corrected chi connectivity index (χ2v) is 3.78. The highest BCUT2D eigenvalue weighted by molar-refractivity contribution is 5.62. The van der Waals surface area contributed by atoms with Gasteiger partial charge in [-0.2, -0.15) is 0 Å². The fourth-order valence-electron chi connectivity index (χ4n) is 1.75. The molecule has 1 heterocycles. The number of benzene rings is 1. The molecule has 0 fully saturated rings. The number of rotatable bonds is 4. The average molecular weight is 256 g/mol. The lowest BCUT2D eigenvalue weighted by atomic mass is 10.1. The van der Waals surface area contributed by atoms with Gasteiger partial charge in [-0.05, 0) is 25.5 Å². The van der Waals surface area contributed by atoms with Crippen LogP contribution >= 0.6 is 0 Å². The molecule has 0 radical (unpaired) electrons. The van der Waals surface area contributed by atoms with Crippen LogP contribution in [0.25, 0.3) is 5.76 Å². The molecule has 1 aromatic carbocycles. The molecule has 0 aliphatic carbocycles. The van der Waals surface area contributed by atoms with Crippen molar-refractivity contribution in [2.24, 2.45) is 0 Å². The van der Waals surface area contributed by atoms with E-state index >= 15 is 0 Å². The Morgan fingerprint density at radius 1 is 1.32 bits per heavy atom. The summed E-state index contributed by atoms with van der Waals surface area (Å²) in [6.07, 6.45) is 4.83. The molecule has 1 aliphatic rings. The van der Waals surface area contributed by atoms with Gasteiger partial charge in [0.15, 0.2) is 5.76 Å². The monoisotopic (exact) mass is 256 g/mol. The zero-order chi connectivity index (χ0) is 12.8. The zero-order valence-corrected chi connectivity index (χ0v) is 10.5. The van der Waals surface area contributed by atoms with Crippen LogP contribution in [0.4, 0.5) is 0 Å². The van der Waals surface area contributed by atoms with E-state index in [2.05, 4.69) is 12.3 Å². The predicted molar refractivity (Wildman–Crippen MR) is 79.2 cm³/mol. The van der Waals surface area contributed by atoms with E-state index in [1.54, 1.807) is 0 Å². The third-order valence-corrected chi connectivity index (χ3v) is 2.56. The van der Waals surface area contributed by atoms with Crippen LogP contribution < -0.4 is 0 Å². The summed E-state index contributed by atoms with van der Waals surface area (Å²) in [6.45, 7) is 6.12. The molecular weight excluding hydrogens is 236 g/mol. The van der Waals surface area contributed by atoms with Crippen molar-refractivity contribution < 1.29 is 9.47 Å². The first kappa shape index (κ1) is 14.9. The maximum atomic E-state index is 5.84. The standard InChI is InChI=1S/C16H16O2.CH4/c1-3-14(17-4-2)16-12-8-11-15(18-16)13-9-6-5-7-10-13;/h5-7,9-12H,1,4,8H2,2H3;1H4. The molecule has 2 heteroatoms. The minimum atomic E-state index is 0. The minimum absolute atomic E-state index is 0. The molecule has 0 amide bonds. The van der Waals surface area contributed by atoms with Crippen molar-refractivity contribution in [3.05, 3.63) is 71.9 Å². The first-order chi connectivity index (χ1) is 8.85. The first-order valence-electron chi connectivity index (χ1n) is 6.02. The Balaban J connectivity index is 0.00000180. The van der Waals surface area contributed by atoms with Gasteiger partial charge in [-0.25, -0.2) is 0 Å². The van der Waals surface area contributed by atoms with Gasteiger partial charge in [-0.15, -0.1) is 0 Å². The lowest BCUT2D eigenvalue weighted by Crippen LogP contribution is -2.03. The van der Waals surface area contributed by atoms with Gasteiger partial charge in [0.05, 0.1) is 6.61 Å². The summed E-state index contributed by atoms with van der Waals surface area (Å²) in [5, 5.41) is 0. The topological polar surface area (TPSA) is 18.5 Å². The maximum absolute atomic E-state index is 5.84. The van der Waals surface area contributed by atoms with Gasteiger partial charge in [0.1, 0.15) is 5.76 Å².